The summed E-state index contributed by atoms with van der Waals surface area (Å²) in [6, 6.07) is 4.73. The van der Waals surface area contributed by atoms with E-state index in [4.69, 9.17) is 23.2 Å². The molecule has 0 fully saturated rings. The van der Waals surface area contributed by atoms with E-state index in [1.54, 1.807) is 31.1 Å². The van der Waals surface area contributed by atoms with Crippen LogP contribution in [0.25, 0.3) is 0 Å². The van der Waals surface area contributed by atoms with Gasteiger partial charge in [0.15, 0.2) is 5.78 Å². The lowest BCUT2D eigenvalue weighted by molar-refractivity contribution is -0.121. The number of Topliss-reactive ketones (excluding diaryl/α,β-unsaturated/α-hetero) is 1. The first-order valence-corrected chi connectivity index (χ1v) is 6.07. The van der Waals surface area contributed by atoms with Crippen molar-refractivity contribution in [3.8, 4) is 0 Å². The minimum Gasteiger partial charge on any atom is -0.358 e. The number of ketones is 1. The highest BCUT2D eigenvalue weighted by Gasteiger charge is 2.14. The summed E-state index contributed by atoms with van der Waals surface area (Å²) in [7, 11) is 3.23. The highest BCUT2D eigenvalue weighted by atomic mass is 35.5. The number of rotatable bonds is 5. The number of nitrogens with zero attached hydrogens (tertiary/aromatic N) is 1. The van der Waals surface area contributed by atoms with E-state index < -0.39 is 0 Å². The lowest BCUT2D eigenvalue weighted by Crippen LogP contribution is -2.36. The molecular weight excluding hydrogens is 275 g/mol. The van der Waals surface area contributed by atoms with Crippen LogP contribution in [0.15, 0.2) is 18.2 Å². The average Bonchev–Trinajstić information content (AvgIpc) is 2.31. The van der Waals surface area contributed by atoms with Crippen molar-refractivity contribution in [2.75, 3.05) is 27.2 Å². The molecule has 0 saturated heterocycles. The van der Waals surface area contributed by atoms with Gasteiger partial charge in [-0.1, -0.05) is 23.2 Å². The van der Waals surface area contributed by atoms with Crippen LogP contribution in [0.5, 0.6) is 0 Å². The van der Waals surface area contributed by atoms with E-state index in [1.807, 2.05) is 0 Å². The second kappa shape index (κ2) is 6.73. The van der Waals surface area contributed by atoms with E-state index in [0.717, 1.165) is 0 Å². The number of carbonyl (C=O) groups is 2. The van der Waals surface area contributed by atoms with E-state index in [9.17, 15) is 9.59 Å². The predicted molar refractivity (Wildman–Crippen MR) is 72.4 cm³/mol. The smallest absolute Gasteiger partial charge is 0.233 e. The Morgan fingerprint density at radius 1 is 1.28 bits per heavy atom. The number of benzene rings is 1. The molecule has 0 aromatic heterocycles. The van der Waals surface area contributed by atoms with Crippen LogP contribution in [0.4, 0.5) is 0 Å². The van der Waals surface area contributed by atoms with E-state index in [1.165, 1.54) is 6.07 Å². The first-order chi connectivity index (χ1) is 8.43. The summed E-state index contributed by atoms with van der Waals surface area (Å²) < 4.78 is 0. The van der Waals surface area contributed by atoms with E-state index in [0.29, 0.717) is 15.6 Å². The highest BCUT2D eigenvalue weighted by Crippen LogP contribution is 2.21. The fraction of sp³-hybridized carbons (Fsp3) is 0.333. The molecular formula is C12H14Cl2N2O2. The van der Waals surface area contributed by atoms with Gasteiger partial charge in [0.05, 0.1) is 18.1 Å². The van der Waals surface area contributed by atoms with Crippen molar-refractivity contribution < 1.29 is 9.59 Å². The van der Waals surface area contributed by atoms with Crippen molar-refractivity contribution in [1.29, 1.82) is 0 Å². The number of nitrogens with one attached hydrogen (secondary N) is 1. The van der Waals surface area contributed by atoms with Gasteiger partial charge in [-0.05, 0) is 25.2 Å². The van der Waals surface area contributed by atoms with Crippen molar-refractivity contribution in [1.82, 2.24) is 10.2 Å². The normalized spacial score (nSPS) is 10.5. The molecule has 1 aromatic rings. The van der Waals surface area contributed by atoms with Gasteiger partial charge in [-0.3, -0.25) is 14.5 Å². The number of hydrogen-bond donors (Lipinski definition) is 1. The SMILES string of the molecule is CNC(=O)CN(C)CC(=O)c1cc(Cl)ccc1Cl. The highest BCUT2D eigenvalue weighted by molar-refractivity contribution is 6.36. The van der Waals surface area contributed by atoms with Crippen molar-refractivity contribution in [3.05, 3.63) is 33.8 Å². The third-order valence-corrected chi connectivity index (χ3v) is 2.90. The number of halogens is 2. The molecule has 0 heterocycles. The standard InChI is InChI=1S/C12H14Cl2N2O2/c1-15-12(18)7-16(2)6-11(17)9-5-8(13)3-4-10(9)14/h3-5H,6-7H2,1-2H3,(H,15,18). The van der Waals surface area contributed by atoms with Gasteiger partial charge in [0.2, 0.25) is 5.91 Å². The van der Waals surface area contributed by atoms with Crippen molar-refractivity contribution in [2.24, 2.45) is 0 Å². The van der Waals surface area contributed by atoms with Crippen LogP contribution in [-0.4, -0.2) is 43.8 Å². The molecule has 0 atom stereocenters. The lowest BCUT2D eigenvalue weighted by Gasteiger charge is -2.15. The molecule has 0 radical (unpaired) electrons. The molecule has 0 saturated carbocycles. The first kappa shape index (κ1) is 15.0. The van der Waals surface area contributed by atoms with Crippen molar-refractivity contribution in [2.45, 2.75) is 0 Å². The second-order valence-corrected chi connectivity index (χ2v) is 4.74. The molecule has 1 aromatic carbocycles. The maximum Gasteiger partial charge on any atom is 0.233 e. The Kier molecular flexibility index (Phi) is 5.59. The Morgan fingerprint density at radius 3 is 2.56 bits per heavy atom. The van der Waals surface area contributed by atoms with Gasteiger partial charge in [-0.15, -0.1) is 0 Å². The van der Waals surface area contributed by atoms with Gasteiger partial charge in [-0.2, -0.15) is 0 Å². The monoisotopic (exact) mass is 288 g/mol. The maximum absolute atomic E-state index is 12.0. The summed E-state index contributed by atoms with van der Waals surface area (Å²) in [6.45, 7) is 0.258. The van der Waals surface area contributed by atoms with Crippen LogP contribution in [0.1, 0.15) is 10.4 Å². The molecule has 1 rings (SSSR count). The summed E-state index contributed by atoms with van der Waals surface area (Å²) >= 11 is 11.7. The minimum atomic E-state index is -0.172. The van der Waals surface area contributed by atoms with Crippen molar-refractivity contribution >= 4 is 34.9 Å². The third-order valence-electron chi connectivity index (χ3n) is 2.33. The number of carbonyl (C=O) groups excluding carboxylic acids is 2. The molecule has 98 valence electrons. The van der Waals surface area contributed by atoms with Crippen LogP contribution in [-0.2, 0) is 4.79 Å². The summed E-state index contributed by atoms with van der Waals surface area (Å²) in [5, 5.41) is 3.30. The molecule has 6 heteroatoms. The summed E-state index contributed by atoms with van der Waals surface area (Å²) in [4.78, 5) is 24.7. The van der Waals surface area contributed by atoms with Crippen LogP contribution in [0, 0.1) is 0 Å². The Labute approximate surface area is 116 Å². The van der Waals surface area contributed by atoms with Gasteiger partial charge in [-0.25, -0.2) is 0 Å². The van der Waals surface area contributed by atoms with Gasteiger partial charge in [0.25, 0.3) is 0 Å². The minimum absolute atomic E-state index is 0.105. The van der Waals surface area contributed by atoms with Crippen LogP contribution in [0.2, 0.25) is 10.0 Å². The molecule has 0 aliphatic carbocycles. The molecule has 0 aliphatic rings. The zero-order chi connectivity index (χ0) is 13.7. The quantitative estimate of drug-likeness (QED) is 0.842. The van der Waals surface area contributed by atoms with Gasteiger partial charge >= 0.3 is 0 Å². The van der Waals surface area contributed by atoms with Crippen LogP contribution < -0.4 is 5.32 Å². The fourth-order valence-corrected chi connectivity index (χ4v) is 1.82. The molecule has 18 heavy (non-hydrogen) atoms. The Hall–Kier alpha value is -1.10. The number of amides is 1. The first-order valence-electron chi connectivity index (χ1n) is 5.31. The van der Waals surface area contributed by atoms with E-state index in [-0.39, 0.29) is 24.8 Å². The predicted octanol–water partition coefficient (Wildman–Crippen LogP) is 1.85. The molecule has 0 aliphatic heterocycles. The average molecular weight is 289 g/mol. The Bertz CT molecular complexity index is 463. The zero-order valence-electron chi connectivity index (χ0n) is 10.2. The topological polar surface area (TPSA) is 49.4 Å². The second-order valence-electron chi connectivity index (χ2n) is 3.89. The molecule has 0 spiro atoms. The van der Waals surface area contributed by atoms with E-state index in [2.05, 4.69) is 5.32 Å². The third kappa shape index (κ3) is 4.29. The van der Waals surface area contributed by atoms with Crippen molar-refractivity contribution in [3.63, 3.8) is 0 Å². The van der Waals surface area contributed by atoms with Crippen LogP contribution >= 0.6 is 23.2 Å². The molecule has 1 N–H and O–H groups in total. The van der Waals surface area contributed by atoms with Gasteiger partial charge in [0.1, 0.15) is 0 Å². The number of hydrogen-bond acceptors (Lipinski definition) is 3. The Balaban J connectivity index is 2.70. The maximum atomic E-state index is 12.0. The largest absolute Gasteiger partial charge is 0.358 e. The number of likely N-dealkylation sites (N-methyl/N-ethyl adjacent to an activating group) is 2. The van der Waals surface area contributed by atoms with E-state index >= 15 is 0 Å². The van der Waals surface area contributed by atoms with Crippen LogP contribution in [0.3, 0.4) is 0 Å². The molecule has 0 bridgehead atoms. The van der Waals surface area contributed by atoms with Gasteiger partial charge < -0.3 is 5.32 Å². The lowest BCUT2D eigenvalue weighted by atomic mass is 10.1. The zero-order valence-corrected chi connectivity index (χ0v) is 11.7. The summed E-state index contributed by atoms with van der Waals surface area (Å²) in [5.74, 6) is -0.323. The Morgan fingerprint density at radius 2 is 1.94 bits per heavy atom. The summed E-state index contributed by atoms with van der Waals surface area (Å²) in [5.41, 5.74) is 0.368. The molecule has 4 nitrogen and oxygen atoms in total. The van der Waals surface area contributed by atoms with Gasteiger partial charge in [0, 0.05) is 17.6 Å². The molecule has 0 unspecified atom stereocenters. The molecule has 1 amide bonds. The summed E-state index contributed by atoms with van der Waals surface area (Å²) in [6.07, 6.45) is 0. The fourth-order valence-electron chi connectivity index (χ4n) is 1.42.